The van der Waals surface area contributed by atoms with E-state index < -0.39 is 0 Å². The molecule has 86 valence electrons. The standard InChI is InChI=1S/C12H17N3S/c1-3-10-5-7-11(8-6-10)9-14-15-12(16)13-4-2/h5-9H,3-4H2,1-2H3,(H2,13,15,16)/b14-9-. The fourth-order valence-corrected chi connectivity index (χ4v) is 1.40. The van der Waals surface area contributed by atoms with E-state index >= 15 is 0 Å². The molecule has 0 amide bonds. The summed E-state index contributed by atoms with van der Waals surface area (Å²) in [6.07, 6.45) is 2.81. The molecule has 0 heterocycles. The van der Waals surface area contributed by atoms with Crippen molar-refractivity contribution in [1.29, 1.82) is 0 Å². The molecule has 0 aliphatic rings. The Kier molecular flexibility index (Phi) is 5.50. The Bertz CT molecular complexity index is 357. The lowest BCUT2D eigenvalue weighted by molar-refractivity contribution is 0.904. The van der Waals surface area contributed by atoms with Crippen molar-refractivity contribution >= 4 is 23.5 Å². The number of benzene rings is 1. The highest BCUT2D eigenvalue weighted by Crippen LogP contribution is 2.02. The first-order chi connectivity index (χ1) is 7.76. The van der Waals surface area contributed by atoms with Crippen LogP contribution in [0.4, 0.5) is 0 Å². The van der Waals surface area contributed by atoms with Gasteiger partial charge in [-0.15, -0.1) is 0 Å². The summed E-state index contributed by atoms with van der Waals surface area (Å²) in [6, 6.07) is 8.29. The van der Waals surface area contributed by atoms with E-state index in [1.807, 2.05) is 19.1 Å². The Balaban J connectivity index is 2.46. The average molecular weight is 235 g/mol. The van der Waals surface area contributed by atoms with Crippen LogP contribution in [0.3, 0.4) is 0 Å². The van der Waals surface area contributed by atoms with E-state index in [4.69, 9.17) is 12.2 Å². The van der Waals surface area contributed by atoms with Crippen LogP contribution in [0.2, 0.25) is 0 Å². The highest BCUT2D eigenvalue weighted by atomic mass is 32.1. The zero-order valence-electron chi connectivity index (χ0n) is 9.66. The largest absolute Gasteiger partial charge is 0.362 e. The number of nitrogens with one attached hydrogen (secondary N) is 2. The maximum Gasteiger partial charge on any atom is 0.186 e. The molecule has 0 aromatic heterocycles. The van der Waals surface area contributed by atoms with Gasteiger partial charge < -0.3 is 5.32 Å². The van der Waals surface area contributed by atoms with Crippen LogP contribution in [0.5, 0.6) is 0 Å². The molecule has 0 atom stereocenters. The third-order valence-corrected chi connectivity index (χ3v) is 2.34. The van der Waals surface area contributed by atoms with Crippen LogP contribution in [0.15, 0.2) is 29.4 Å². The van der Waals surface area contributed by atoms with Gasteiger partial charge in [-0.3, -0.25) is 5.43 Å². The highest BCUT2D eigenvalue weighted by molar-refractivity contribution is 7.80. The second-order valence-electron chi connectivity index (χ2n) is 3.32. The predicted molar refractivity (Wildman–Crippen MR) is 72.8 cm³/mol. The summed E-state index contributed by atoms with van der Waals surface area (Å²) in [4.78, 5) is 0. The van der Waals surface area contributed by atoms with Gasteiger partial charge in [-0.05, 0) is 36.7 Å². The van der Waals surface area contributed by atoms with Crippen LogP contribution in [-0.4, -0.2) is 17.9 Å². The zero-order chi connectivity index (χ0) is 11.8. The summed E-state index contributed by atoms with van der Waals surface area (Å²) >= 11 is 4.97. The summed E-state index contributed by atoms with van der Waals surface area (Å²) in [5.74, 6) is 0. The van der Waals surface area contributed by atoms with Crippen molar-refractivity contribution in [3.8, 4) is 0 Å². The SMILES string of the molecule is CCNC(=S)N/N=C\c1ccc(CC)cc1. The monoisotopic (exact) mass is 235 g/mol. The van der Waals surface area contributed by atoms with E-state index in [0.29, 0.717) is 5.11 Å². The van der Waals surface area contributed by atoms with Crippen molar-refractivity contribution in [1.82, 2.24) is 10.7 Å². The minimum atomic E-state index is 0.545. The van der Waals surface area contributed by atoms with Crippen LogP contribution in [0, 0.1) is 0 Å². The van der Waals surface area contributed by atoms with Gasteiger partial charge in [-0.25, -0.2) is 0 Å². The third-order valence-electron chi connectivity index (χ3n) is 2.11. The van der Waals surface area contributed by atoms with Gasteiger partial charge in [-0.2, -0.15) is 5.10 Å². The van der Waals surface area contributed by atoms with E-state index in [-0.39, 0.29) is 0 Å². The molecule has 1 rings (SSSR count). The number of nitrogens with zero attached hydrogens (tertiary/aromatic N) is 1. The highest BCUT2D eigenvalue weighted by Gasteiger charge is 1.90. The molecule has 0 fully saturated rings. The lowest BCUT2D eigenvalue weighted by atomic mass is 10.1. The van der Waals surface area contributed by atoms with Gasteiger partial charge in [0.05, 0.1) is 6.21 Å². The molecule has 0 bridgehead atoms. The number of hydrazone groups is 1. The topological polar surface area (TPSA) is 36.4 Å². The molecular formula is C12H17N3S. The van der Waals surface area contributed by atoms with Crippen LogP contribution in [0.1, 0.15) is 25.0 Å². The zero-order valence-corrected chi connectivity index (χ0v) is 10.5. The Morgan fingerprint density at radius 3 is 2.56 bits per heavy atom. The average Bonchev–Trinajstić information content (AvgIpc) is 2.30. The number of thiocarbonyl (C=S) groups is 1. The van der Waals surface area contributed by atoms with E-state index in [0.717, 1.165) is 18.5 Å². The number of rotatable bonds is 4. The summed E-state index contributed by atoms with van der Waals surface area (Å²) in [5, 5.41) is 7.54. The quantitative estimate of drug-likeness (QED) is 0.476. The molecule has 0 unspecified atom stereocenters. The van der Waals surface area contributed by atoms with Crippen LogP contribution in [0.25, 0.3) is 0 Å². The van der Waals surface area contributed by atoms with Crippen molar-refractivity contribution < 1.29 is 0 Å². The van der Waals surface area contributed by atoms with E-state index in [1.165, 1.54) is 5.56 Å². The normalized spacial score (nSPS) is 10.4. The predicted octanol–water partition coefficient (Wildman–Crippen LogP) is 2.07. The lowest BCUT2D eigenvalue weighted by Crippen LogP contribution is -2.31. The minimum absolute atomic E-state index is 0.545. The van der Waals surface area contributed by atoms with Gasteiger partial charge in [0.2, 0.25) is 0 Å². The first-order valence-electron chi connectivity index (χ1n) is 5.42. The number of aryl methyl sites for hydroxylation is 1. The molecule has 0 saturated heterocycles. The van der Waals surface area contributed by atoms with Gasteiger partial charge in [0.15, 0.2) is 5.11 Å². The summed E-state index contributed by atoms with van der Waals surface area (Å²) in [5.41, 5.74) is 5.14. The number of hydrogen-bond donors (Lipinski definition) is 2. The maximum atomic E-state index is 4.97. The second kappa shape index (κ2) is 6.95. The molecule has 0 saturated carbocycles. The van der Waals surface area contributed by atoms with Crippen molar-refractivity contribution in [2.45, 2.75) is 20.3 Å². The Morgan fingerprint density at radius 1 is 1.31 bits per heavy atom. The first-order valence-corrected chi connectivity index (χ1v) is 5.83. The second-order valence-corrected chi connectivity index (χ2v) is 3.73. The molecule has 0 spiro atoms. The fraction of sp³-hybridized carbons (Fsp3) is 0.333. The van der Waals surface area contributed by atoms with Crippen LogP contribution < -0.4 is 10.7 Å². The lowest BCUT2D eigenvalue weighted by Gasteiger charge is -2.02. The molecule has 1 aromatic rings. The molecule has 0 aliphatic carbocycles. The summed E-state index contributed by atoms with van der Waals surface area (Å²) < 4.78 is 0. The van der Waals surface area contributed by atoms with Gasteiger partial charge >= 0.3 is 0 Å². The van der Waals surface area contributed by atoms with Crippen LogP contribution in [-0.2, 0) is 6.42 Å². The van der Waals surface area contributed by atoms with E-state index in [2.05, 4.69) is 34.9 Å². The summed E-state index contributed by atoms with van der Waals surface area (Å²) in [6.45, 7) is 4.92. The van der Waals surface area contributed by atoms with Crippen molar-refractivity contribution in [2.75, 3.05) is 6.54 Å². The minimum Gasteiger partial charge on any atom is -0.362 e. The molecule has 0 radical (unpaired) electrons. The third kappa shape index (κ3) is 4.40. The van der Waals surface area contributed by atoms with Gasteiger partial charge in [0.25, 0.3) is 0 Å². The van der Waals surface area contributed by atoms with E-state index in [1.54, 1.807) is 6.21 Å². The molecule has 0 aliphatic heterocycles. The van der Waals surface area contributed by atoms with Gasteiger partial charge in [-0.1, -0.05) is 31.2 Å². The van der Waals surface area contributed by atoms with E-state index in [9.17, 15) is 0 Å². The smallest absolute Gasteiger partial charge is 0.186 e. The Labute approximate surface area is 102 Å². The molecule has 16 heavy (non-hydrogen) atoms. The Hall–Kier alpha value is -1.42. The molecular weight excluding hydrogens is 218 g/mol. The van der Waals surface area contributed by atoms with Gasteiger partial charge in [0, 0.05) is 6.54 Å². The Morgan fingerprint density at radius 2 is 2.00 bits per heavy atom. The molecule has 1 aromatic carbocycles. The van der Waals surface area contributed by atoms with Crippen molar-refractivity contribution in [3.05, 3.63) is 35.4 Å². The molecule has 2 N–H and O–H groups in total. The maximum absolute atomic E-state index is 4.97. The van der Waals surface area contributed by atoms with Crippen molar-refractivity contribution in [2.24, 2.45) is 5.10 Å². The fourth-order valence-electron chi connectivity index (χ4n) is 1.20. The molecule has 4 heteroatoms. The van der Waals surface area contributed by atoms with Gasteiger partial charge in [0.1, 0.15) is 0 Å². The number of hydrogen-bond acceptors (Lipinski definition) is 2. The molecule has 3 nitrogen and oxygen atoms in total. The van der Waals surface area contributed by atoms with Crippen molar-refractivity contribution in [3.63, 3.8) is 0 Å². The first kappa shape index (κ1) is 12.6. The van der Waals surface area contributed by atoms with Crippen LogP contribution >= 0.6 is 12.2 Å². The summed E-state index contributed by atoms with van der Waals surface area (Å²) in [7, 11) is 0.